The van der Waals surface area contributed by atoms with Gasteiger partial charge in [0.1, 0.15) is 22.8 Å². The van der Waals surface area contributed by atoms with Crippen molar-refractivity contribution in [3.8, 4) is 5.75 Å². The van der Waals surface area contributed by atoms with Gasteiger partial charge in [0.2, 0.25) is 5.78 Å². The number of phenolic OH excluding ortho intramolecular Hbond substituents is 1. The van der Waals surface area contributed by atoms with E-state index in [1.54, 1.807) is 19.1 Å². The summed E-state index contributed by atoms with van der Waals surface area (Å²) >= 11 is 0. The number of amides is 1. The van der Waals surface area contributed by atoms with Crippen LogP contribution in [0.2, 0.25) is 0 Å². The van der Waals surface area contributed by atoms with E-state index in [9.17, 15) is 49.5 Å². The van der Waals surface area contributed by atoms with Crippen molar-refractivity contribution in [2.75, 3.05) is 14.1 Å². The van der Waals surface area contributed by atoms with Crippen LogP contribution in [0.4, 0.5) is 0 Å². The van der Waals surface area contributed by atoms with Crippen LogP contribution in [0.3, 0.4) is 0 Å². The van der Waals surface area contributed by atoms with E-state index in [0.717, 1.165) is 0 Å². The molecule has 3 aliphatic rings. The number of aromatic hydroxyl groups is 1. The number of carbonyl (C=O) groups excluding carboxylic acids is 3. The van der Waals surface area contributed by atoms with Crippen molar-refractivity contribution < 1.29 is 65.2 Å². The average molecular weight is 579 g/mol. The van der Waals surface area contributed by atoms with Crippen LogP contribution >= 0.6 is 0 Å². The molecule has 0 heterocycles. The molecule has 11 N–H and O–H groups in total. The summed E-state index contributed by atoms with van der Waals surface area (Å²) in [5, 5.41) is 70.7. The third-order valence-electron chi connectivity index (χ3n) is 7.36. The highest BCUT2D eigenvalue weighted by atomic mass is 16.4. The van der Waals surface area contributed by atoms with Gasteiger partial charge in [-0.3, -0.25) is 19.3 Å². The fourth-order valence-electron chi connectivity index (χ4n) is 5.72. The SMILES string of the molecule is C[C@H]1c2cccc(O)c2C(=O)C2=C(O)[C@]3(O)C(=O)C(C(N)=O)=C(O)[C@@H](N(C)C)[C@@H]3[C@@H](O)[C@@H]21.O.O=C(O)/C=C\C(=O)O. The number of primary amides is 1. The third kappa shape index (κ3) is 5.06. The lowest BCUT2D eigenvalue weighted by Gasteiger charge is -2.53. The normalized spacial score (nSPS) is 28.7. The molecule has 3 aliphatic carbocycles. The van der Waals surface area contributed by atoms with Crippen LogP contribution in [0.1, 0.15) is 28.8 Å². The van der Waals surface area contributed by atoms with E-state index in [2.05, 4.69) is 0 Å². The Bertz CT molecular complexity index is 1390. The highest BCUT2D eigenvalue weighted by Crippen LogP contribution is 2.55. The van der Waals surface area contributed by atoms with Crippen molar-refractivity contribution in [1.82, 2.24) is 4.90 Å². The van der Waals surface area contributed by atoms with Crippen LogP contribution in [0.5, 0.6) is 5.75 Å². The molecule has 0 saturated carbocycles. The van der Waals surface area contributed by atoms with Crippen molar-refractivity contribution in [3.05, 3.63) is 64.1 Å². The largest absolute Gasteiger partial charge is 0.510 e. The van der Waals surface area contributed by atoms with Gasteiger partial charge in [-0.15, -0.1) is 0 Å². The zero-order chi connectivity index (χ0) is 30.4. The average Bonchev–Trinajstić information content (AvgIpc) is 2.85. The summed E-state index contributed by atoms with van der Waals surface area (Å²) in [6, 6.07) is 3.17. The maximum Gasteiger partial charge on any atom is 0.328 e. The van der Waals surface area contributed by atoms with Gasteiger partial charge in [0.05, 0.1) is 23.6 Å². The molecule has 4 rings (SSSR count). The highest BCUT2D eigenvalue weighted by Gasteiger charge is 2.67. The quantitative estimate of drug-likeness (QED) is 0.150. The van der Waals surface area contributed by atoms with Crippen molar-refractivity contribution in [3.63, 3.8) is 0 Å². The number of phenols is 1. The zero-order valence-corrected chi connectivity index (χ0v) is 22.0. The fraction of sp³-hybridized carbons (Fsp3) is 0.346. The van der Waals surface area contributed by atoms with E-state index in [4.69, 9.17) is 15.9 Å². The zero-order valence-electron chi connectivity index (χ0n) is 22.0. The number of hydrogen-bond acceptors (Lipinski definition) is 11. The first kappa shape index (κ1) is 32.6. The number of likely N-dealkylation sites (N-methyl/N-ethyl adjacent to an activating group) is 1. The number of nitrogens with two attached hydrogens (primary N) is 1. The van der Waals surface area contributed by atoms with Crippen molar-refractivity contribution >= 4 is 29.4 Å². The summed E-state index contributed by atoms with van der Waals surface area (Å²) in [5.74, 6) is -11.4. The van der Waals surface area contributed by atoms with Gasteiger partial charge in [-0.1, -0.05) is 19.1 Å². The van der Waals surface area contributed by atoms with Crippen LogP contribution in [-0.2, 0) is 19.2 Å². The number of carboxylic acid groups (broad SMARTS) is 2. The first-order valence-electron chi connectivity index (χ1n) is 11.8. The molecule has 1 amide bonds. The number of fused-ring (bicyclic) bond motifs is 3. The van der Waals surface area contributed by atoms with Crippen LogP contribution < -0.4 is 5.73 Å². The van der Waals surface area contributed by atoms with E-state index < -0.39 is 87.6 Å². The molecule has 0 saturated heterocycles. The Morgan fingerprint density at radius 2 is 1.56 bits per heavy atom. The summed E-state index contributed by atoms with van der Waals surface area (Å²) in [6.45, 7) is 1.68. The van der Waals surface area contributed by atoms with E-state index in [1.807, 2.05) is 0 Å². The van der Waals surface area contributed by atoms with Gasteiger partial charge in [0, 0.05) is 23.6 Å². The molecule has 0 radical (unpaired) electrons. The minimum Gasteiger partial charge on any atom is -0.510 e. The molecular weight excluding hydrogens is 548 g/mol. The predicted octanol–water partition coefficient (Wildman–Crippen LogP) is -1.46. The maximum atomic E-state index is 13.3. The van der Waals surface area contributed by atoms with Gasteiger partial charge in [0.15, 0.2) is 11.4 Å². The molecule has 0 unspecified atom stereocenters. The second kappa shape index (κ2) is 11.5. The molecule has 0 aliphatic heterocycles. The number of ketones is 2. The maximum absolute atomic E-state index is 13.3. The number of carbonyl (C=O) groups is 5. The summed E-state index contributed by atoms with van der Waals surface area (Å²) in [7, 11) is 2.98. The number of hydrogen-bond donors (Lipinski definition) is 8. The van der Waals surface area contributed by atoms with Crippen LogP contribution in [0.25, 0.3) is 0 Å². The Kier molecular flexibility index (Phi) is 9.16. The van der Waals surface area contributed by atoms with E-state index in [1.165, 1.54) is 25.1 Å². The predicted molar refractivity (Wildman–Crippen MR) is 138 cm³/mol. The molecule has 0 spiro atoms. The molecule has 41 heavy (non-hydrogen) atoms. The van der Waals surface area contributed by atoms with Crippen LogP contribution in [0, 0.1) is 11.8 Å². The molecule has 1 aromatic carbocycles. The Balaban J connectivity index is 0.000000574. The number of nitrogens with zero attached hydrogens (tertiary/aromatic N) is 1. The minimum absolute atomic E-state index is 0. The molecule has 15 heteroatoms. The lowest BCUT2D eigenvalue weighted by Crippen LogP contribution is -2.68. The van der Waals surface area contributed by atoms with Crippen molar-refractivity contribution in [2.45, 2.75) is 30.6 Å². The Hall–Kier alpha value is -4.57. The van der Waals surface area contributed by atoms with Crippen molar-refractivity contribution in [1.29, 1.82) is 0 Å². The van der Waals surface area contributed by atoms with E-state index in [-0.39, 0.29) is 16.8 Å². The molecular formula is C26H30N2O13. The number of Topliss-reactive ketones (excluding diaryl/α,β-unsaturated/α-hetero) is 2. The van der Waals surface area contributed by atoms with Gasteiger partial charge < -0.3 is 47.0 Å². The van der Waals surface area contributed by atoms with Gasteiger partial charge in [-0.25, -0.2) is 9.59 Å². The Morgan fingerprint density at radius 3 is 2.02 bits per heavy atom. The molecule has 0 fully saturated rings. The molecule has 6 atom stereocenters. The first-order valence-corrected chi connectivity index (χ1v) is 11.8. The first-order chi connectivity index (χ1) is 18.5. The second-order valence-corrected chi connectivity index (χ2v) is 9.80. The summed E-state index contributed by atoms with van der Waals surface area (Å²) in [4.78, 5) is 58.9. The van der Waals surface area contributed by atoms with E-state index in [0.29, 0.717) is 17.7 Å². The number of carboxylic acids is 2. The standard InChI is InChI=1S/C22H24N2O8.C4H4O4.H2O/c1-7-8-5-4-6-9(25)11(8)16(26)12-10(7)17(27)14-15(24(2)3)18(28)13(21(23)31)20(30)22(14,32)19(12)29;5-3(6)1-2-4(7)8;/h4-7,10,14-15,17,25,27-29,32H,1-3H3,(H2,23,31);1-2H,(H,5,6)(H,7,8);1H2/b;2-1-;/t7-,10+,14+,15-,17-,22-;;/m0../s1. The monoisotopic (exact) mass is 578 g/mol. The van der Waals surface area contributed by atoms with Crippen LogP contribution in [0.15, 0.2) is 53.0 Å². The number of aliphatic hydroxyl groups is 4. The Labute approximate surface area is 232 Å². The van der Waals surface area contributed by atoms with Gasteiger partial charge in [-0.2, -0.15) is 0 Å². The van der Waals surface area contributed by atoms with Crippen LogP contribution in [-0.4, -0.2) is 107 Å². The van der Waals surface area contributed by atoms with Gasteiger partial charge in [0.25, 0.3) is 5.91 Å². The fourth-order valence-corrected chi connectivity index (χ4v) is 5.72. The number of rotatable bonds is 4. The third-order valence-corrected chi connectivity index (χ3v) is 7.36. The summed E-state index contributed by atoms with van der Waals surface area (Å²) in [5.41, 5.74) is 1.36. The number of aliphatic hydroxyl groups excluding tert-OH is 3. The smallest absolute Gasteiger partial charge is 0.328 e. The second-order valence-electron chi connectivity index (χ2n) is 9.80. The molecule has 15 nitrogen and oxygen atoms in total. The molecule has 0 aromatic heterocycles. The van der Waals surface area contributed by atoms with Crippen molar-refractivity contribution in [2.24, 2.45) is 17.6 Å². The highest BCUT2D eigenvalue weighted by molar-refractivity contribution is 6.25. The summed E-state index contributed by atoms with van der Waals surface area (Å²) in [6.07, 6.45) is -0.474. The molecule has 222 valence electrons. The van der Waals surface area contributed by atoms with Gasteiger partial charge in [-0.05, 0) is 31.6 Å². The number of aliphatic carboxylic acids is 2. The number of benzene rings is 1. The lowest BCUT2D eigenvalue weighted by molar-refractivity contribution is -0.162. The lowest BCUT2D eigenvalue weighted by atomic mass is 9.55. The Morgan fingerprint density at radius 1 is 1.02 bits per heavy atom. The molecule has 0 bridgehead atoms. The van der Waals surface area contributed by atoms with E-state index >= 15 is 0 Å². The summed E-state index contributed by atoms with van der Waals surface area (Å²) < 4.78 is 0. The minimum atomic E-state index is -2.89. The molecule has 1 aromatic rings. The topological polar surface area (TPSA) is 288 Å². The van der Waals surface area contributed by atoms with Gasteiger partial charge >= 0.3 is 11.9 Å².